The molecule has 4 nitrogen and oxygen atoms in total. The molecule has 0 saturated heterocycles. The zero-order valence-corrected chi connectivity index (χ0v) is 13.1. The fraction of sp³-hybridized carbons (Fsp3) is 0.538. The van der Waals surface area contributed by atoms with Crippen molar-refractivity contribution in [3.63, 3.8) is 0 Å². The molecule has 2 aromatic rings. The summed E-state index contributed by atoms with van der Waals surface area (Å²) >= 11 is 7.98. The van der Waals surface area contributed by atoms with Gasteiger partial charge in [0.2, 0.25) is 0 Å². The van der Waals surface area contributed by atoms with Crippen LogP contribution in [0.2, 0.25) is 5.02 Å². The van der Waals surface area contributed by atoms with Crippen LogP contribution in [0.25, 0.3) is 0 Å². The van der Waals surface area contributed by atoms with Gasteiger partial charge >= 0.3 is 0 Å². The largest absolute Gasteiger partial charge is 0.327 e. The first-order chi connectivity index (χ1) is 9.01. The molecule has 0 radical (unpaired) electrons. The topological polar surface area (TPSA) is 56.7 Å². The van der Waals surface area contributed by atoms with Crippen molar-refractivity contribution in [3.05, 3.63) is 32.5 Å². The van der Waals surface area contributed by atoms with Gasteiger partial charge in [-0.15, -0.1) is 11.3 Å². The van der Waals surface area contributed by atoms with Gasteiger partial charge in [0.1, 0.15) is 0 Å². The molecule has 2 heterocycles. The van der Waals surface area contributed by atoms with Crippen LogP contribution in [0.4, 0.5) is 0 Å². The molecule has 0 saturated carbocycles. The molecule has 0 amide bonds. The molecule has 2 rings (SSSR count). The first-order valence-electron chi connectivity index (χ1n) is 6.38. The minimum atomic E-state index is 0.0131. The van der Waals surface area contributed by atoms with Crippen LogP contribution >= 0.6 is 22.9 Å². The minimum Gasteiger partial charge on any atom is -0.327 e. The van der Waals surface area contributed by atoms with E-state index in [0.717, 1.165) is 46.4 Å². The number of nitrogens with two attached hydrogens (primary N) is 1. The van der Waals surface area contributed by atoms with Gasteiger partial charge in [0.15, 0.2) is 0 Å². The Hall–Kier alpha value is -0.910. The Morgan fingerprint density at radius 1 is 1.47 bits per heavy atom. The van der Waals surface area contributed by atoms with Gasteiger partial charge < -0.3 is 5.73 Å². The maximum atomic E-state index is 6.33. The number of hydrogen-bond acceptors (Lipinski definition) is 4. The highest BCUT2D eigenvalue weighted by molar-refractivity contribution is 7.09. The smallest absolute Gasteiger partial charge is 0.0897 e. The van der Waals surface area contributed by atoms with E-state index in [1.807, 2.05) is 18.7 Å². The van der Waals surface area contributed by atoms with Crippen LogP contribution in [0.1, 0.15) is 29.0 Å². The van der Waals surface area contributed by atoms with Crippen molar-refractivity contribution in [1.82, 2.24) is 14.8 Å². The van der Waals surface area contributed by atoms with Crippen molar-refractivity contribution >= 4 is 22.9 Å². The van der Waals surface area contributed by atoms with Gasteiger partial charge in [-0.25, -0.2) is 4.98 Å². The zero-order chi connectivity index (χ0) is 14.0. The molecule has 6 heteroatoms. The van der Waals surface area contributed by atoms with Crippen molar-refractivity contribution in [2.24, 2.45) is 12.8 Å². The number of aromatic nitrogens is 3. The third kappa shape index (κ3) is 3.35. The summed E-state index contributed by atoms with van der Waals surface area (Å²) < 4.78 is 1.84. The molecule has 0 spiro atoms. The number of rotatable bonds is 5. The molecule has 104 valence electrons. The van der Waals surface area contributed by atoms with E-state index < -0.39 is 0 Å². The van der Waals surface area contributed by atoms with Gasteiger partial charge in [0, 0.05) is 31.3 Å². The van der Waals surface area contributed by atoms with Crippen LogP contribution in [0.15, 0.2) is 5.38 Å². The lowest BCUT2D eigenvalue weighted by atomic mass is 10.1. The van der Waals surface area contributed by atoms with E-state index in [1.54, 1.807) is 11.3 Å². The van der Waals surface area contributed by atoms with E-state index in [-0.39, 0.29) is 6.04 Å². The highest BCUT2D eigenvalue weighted by atomic mass is 35.5. The molecule has 0 aromatic carbocycles. The van der Waals surface area contributed by atoms with Crippen LogP contribution < -0.4 is 5.73 Å². The SMILES string of the molecule is CCc1nn(C)c(CC(N)Cc2csc(C)n2)c1Cl. The van der Waals surface area contributed by atoms with E-state index in [9.17, 15) is 0 Å². The summed E-state index contributed by atoms with van der Waals surface area (Å²) in [6.45, 7) is 4.06. The van der Waals surface area contributed by atoms with E-state index in [0.29, 0.717) is 0 Å². The van der Waals surface area contributed by atoms with Crippen LogP contribution in [0.3, 0.4) is 0 Å². The van der Waals surface area contributed by atoms with E-state index in [2.05, 4.69) is 22.4 Å². The number of halogens is 1. The lowest BCUT2D eigenvalue weighted by Gasteiger charge is -2.10. The molecule has 2 N–H and O–H groups in total. The predicted octanol–water partition coefficient (Wildman–Crippen LogP) is 2.51. The molecular formula is C13H19ClN4S. The molecule has 2 aromatic heterocycles. The number of nitrogens with zero attached hydrogens (tertiary/aromatic N) is 3. The predicted molar refractivity (Wildman–Crippen MR) is 79.8 cm³/mol. The second-order valence-electron chi connectivity index (χ2n) is 4.71. The zero-order valence-electron chi connectivity index (χ0n) is 11.5. The Kier molecular flexibility index (Phi) is 4.60. The molecule has 0 bridgehead atoms. The van der Waals surface area contributed by atoms with E-state index in [1.165, 1.54) is 0 Å². The summed E-state index contributed by atoms with van der Waals surface area (Å²) in [5.74, 6) is 0. The van der Waals surface area contributed by atoms with Gasteiger partial charge in [-0.05, 0) is 13.3 Å². The molecule has 0 aliphatic carbocycles. The highest BCUT2D eigenvalue weighted by Gasteiger charge is 2.16. The lowest BCUT2D eigenvalue weighted by Crippen LogP contribution is -2.27. The third-order valence-electron chi connectivity index (χ3n) is 3.10. The Balaban J connectivity index is 2.06. The summed E-state index contributed by atoms with van der Waals surface area (Å²) in [5.41, 5.74) is 9.21. The van der Waals surface area contributed by atoms with E-state index in [4.69, 9.17) is 17.3 Å². The Labute approximate surface area is 122 Å². The van der Waals surface area contributed by atoms with Crippen molar-refractivity contribution in [2.75, 3.05) is 0 Å². The van der Waals surface area contributed by atoms with Gasteiger partial charge in [-0.2, -0.15) is 5.10 Å². The molecule has 0 aliphatic heterocycles. The Morgan fingerprint density at radius 3 is 2.74 bits per heavy atom. The van der Waals surface area contributed by atoms with Crippen molar-refractivity contribution in [3.8, 4) is 0 Å². The number of hydrogen-bond donors (Lipinski definition) is 1. The second-order valence-corrected chi connectivity index (χ2v) is 6.15. The summed E-state index contributed by atoms with van der Waals surface area (Å²) in [7, 11) is 1.92. The first-order valence-corrected chi connectivity index (χ1v) is 7.63. The number of thiazole rings is 1. The monoisotopic (exact) mass is 298 g/mol. The minimum absolute atomic E-state index is 0.0131. The second kappa shape index (κ2) is 6.03. The van der Waals surface area contributed by atoms with Crippen molar-refractivity contribution in [2.45, 2.75) is 39.2 Å². The van der Waals surface area contributed by atoms with Gasteiger partial charge in [-0.3, -0.25) is 4.68 Å². The number of aryl methyl sites for hydroxylation is 3. The molecule has 19 heavy (non-hydrogen) atoms. The maximum Gasteiger partial charge on any atom is 0.0897 e. The van der Waals surface area contributed by atoms with Crippen LogP contribution in [-0.2, 0) is 26.3 Å². The van der Waals surface area contributed by atoms with Crippen LogP contribution in [0.5, 0.6) is 0 Å². The summed E-state index contributed by atoms with van der Waals surface area (Å²) in [6, 6.07) is 0.0131. The summed E-state index contributed by atoms with van der Waals surface area (Å²) in [5, 5.41) is 8.31. The van der Waals surface area contributed by atoms with Gasteiger partial charge in [-0.1, -0.05) is 18.5 Å². The fourth-order valence-electron chi connectivity index (χ4n) is 2.13. The van der Waals surface area contributed by atoms with Crippen LogP contribution in [-0.4, -0.2) is 20.8 Å². The third-order valence-corrected chi connectivity index (χ3v) is 4.36. The van der Waals surface area contributed by atoms with Gasteiger partial charge in [0.05, 0.1) is 27.1 Å². The van der Waals surface area contributed by atoms with Crippen LogP contribution in [0, 0.1) is 6.92 Å². The molecule has 1 atom stereocenters. The Bertz CT molecular complexity index is 561. The Morgan fingerprint density at radius 2 is 2.21 bits per heavy atom. The van der Waals surface area contributed by atoms with E-state index >= 15 is 0 Å². The average Bonchev–Trinajstić information content (AvgIpc) is 2.87. The fourth-order valence-corrected chi connectivity index (χ4v) is 3.13. The molecule has 0 fully saturated rings. The average molecular weight is 299 g/mol. The highest BCUT2D eigenvalue weighted by Crippen LogP contribution is 2.22. The maximum absolute atomic E-state index is 6.33. The molecular weight excluding hydrogens is 280 g/mol. The van der Waals surface area contributed by atoms with Gasteiger partial charge in [0.25, 0.3) is 0 Å². The van der Waals surface area contributed by atoms with Crippen molar-refractivity contribution < 1.29 is 0 Å². The lowest BCUT2D eigenvalue weighted by molar-refractivity contribution is 0.607. The molecule has 1 unspecified atom stereocenters. The molecule has 0 aliphatic rings. The quantitative estimate of drug-likeness (QED) is 0.923. The normalized spacial score (nSPS) is 12.9. The standard InChI is InChI=1S/C13H19ClN4S/c1-4-11-13(14)12(18(3)17-11)6-9(15)5-10-7-19-8(2)16-10/h7,9H,4-6,15H2,1-3H3. The first kappa shape index (κ1) is 14.5. The van der Waals surface area contributed by atoms with Crippen molar-refractivity contribution in [1.29, 1.82) is 0 Å². The summed E-state index contributed by atoms with van der Waals surface area (Å²) in [4.78, 5) is 4.44. The summed E-state index contributed by atoms with van der Waals surface area (Å²) in [6.07, 6.45) is 2.33.